The van der Waals surface area contributed by atoms with Crippen LogP contribution in [0.1, 0.15) is 38.5 Å². The van der Waals surface area contributed by atoms with Crippen LogP contribution < -0.4 is 0 Å². The number of Topliss-reactive ketones (excluding diaryl/α,β-unsaturated/α-hetero) is 1. The summed E-state index contributed by atoms with van der Waals surface area (Å²) < 4.78 is 5.70. The van der Waals surface area contributed by atoms with Crippen molar-refractivity contribution in [1.29, 1.82) is 0 Å². The highest BCUT2D eigenvalue weighted by molar-refractivity contribution is 5.78. The van der Waals surface area contributed by atoms with Gasteiger partial charge in [-0.1, -0.05) is 0 Å². The van der Waals surface area contributed by atoms with E-state index in [0.29, 0.717) is 18.0 Å². The first kappa shape index (κ1) is 7.29. The maximum atomic E-state index is 11.1. The number of hydrogen-bond donors (Lipinski definition) is 0. The van der Waals surface area contributed by atoms with Gasteiger partial charge in [0.1, 0.15) is 5.78 Å². The molecule has 2 fully saturated rings. The molecule has 0 saturated carbocycles. The Kier molecular flexibility index (Phi) is 1.95. The van der Waals surface area contributed by atoms with E-state index in [0.717, 1.165) is 25.7 Å². The minimum atomic E-state index is 0.407. The third-order valence-corrected chi connectivity index (χ3v) is 2.69. The summed E-state index contributed by atoms with van der Waals surface area (Å²) >= 11 is 0. The lowest BCUT2D eigenvalue weighted by Gasteiger charge is -2.16. The van der Waals surface area contributed by atoms with Gasteiger partial charge in [0.2, 0.25) is 0 Å². The van der Waals surface area contributed by atoms with E-state index < -0.39 is 0 Å². The minimum Gasteiger partial charge on any atom is -0.375 e. The fraction of sp³-hybridized carbons (Fsp3) is 0.889. The first-order valence-electron chi connectivity index (χ1n) is 4.52. The molecule has 11 heavy (non-hydrogen) atoms. The maximum Gasteiger partial charge on any atom is 0.133 e. The summed E-state index contributed by atoms with van der Waals surface area (Å²) in [5.74, 6) is 0.435. The lowest BCUT2D eigenvalue weighted by Crippen LogP contribution is -2.17. The molecule has 0 aromatic heterocycles. The number of rotatable bonds is 0. The fourth-order valence-corrected chi connectivity index (χ4v) is 1.97. The minimum absolute atomic E-state index is 0.407. The number of ether oxygens (including phenoxy) is 1. The van der Waals surface area contributed by atoms with E-state index in [1.807, 2.05) is 0 Å². The predicted molar refractivity (Wildman–Crippen MR) is 41.4 cm³/mol. The second kappa shape index (κ2) is 2.94. The zero-order valence-electron chi connectivity index (χ0n) is 6.71. The normalized spacial score (nSPS) is 38.4. The van der Waals surface area contributed by atoms with Crippen molar-refractivity contribution in [3.8, 4) is 0 Å². The second-order valence-electron chi connectivity index (χ2n) is 3.57. The van der Waals surface area contributed by atoms with E-state index in [1.54, 1.807) is 0 Å². The van der Waals surface area contributed by atoms with Crippen molar-refractivity contribution in [1.82, 2.24) is 0 Å². The smallest absolute Gasteiger partial charge is 0.133 e. The van der Waals surface area contributed by atoms with Crippen LogP contribution in [0.4, 0.5) is 0 Å². The van der Waals surface area contributed by atoms with Gasteiger partial charge < -0.3 is 4.74 Å². The van der Waals surface area contributed by atoms with Gasteiger partial charge in [-0.15, -0.1) is 0 Å². The zero-order chi connectivity index (χ0) is 7.68. The molecule has 2 atom stereocenters. The molecule has 0 aromatic rings. The Morgan fingerprint density at radius 1 is 1.00 bits per heavy atom. The van der Waals surface area contributed by atoms with Crippen molar-refractivity contribution < 1.29 is 9.53 Å². The van der Waals surface area contributed by atoms with Crippen LogP contribution in [-0.4, -0.2) is 18.0 Å². The van der Waals surface area contributed by atoms with Crippen molar-refractivity contribution in [3.05, 3.63) is 0 Å². The SMILES string of the molecule is O=C1CC[C@@H]2CC[C@H](CC1)O2. The molecule has 2 aliphatic rings. The van der Waals surface area contributed by atoms with E-state index in [4.69, 9.17) is 4.74 Å². The van der Waals surface area contributed by atoms with Crippen molar-refractivity contribution in [2.75, 3.05) is 0 Å². The topological polar surface area (TPSA) is 26.3 Å². The summed E-state index contributed by atoms with van der Waals surface area (Å²) in [7, 11) is 0. The fourth-order valence-electron chi connectivity index (χ4n) is 1.97. The molecule has 0 aliphatic carbocycles. The Balaban J connectivity index is 1.98. The van der Waals surface area contributed by atoms with Crippen LogP contribution in [0.25, 0.3) is 0 Å². The van der Waals surface area contributed by atoms with Gasteiger partial charge in [-0.2, -0.15) is 0 Å². The molecule has 62 valence electrons. The Morgan fingerprint density at radius 2 is 1.55 bits per heavy atom. The molecule has 0 amide bonds. The third-order valence-electron chi connectivity index (χ3n) is 2.69. The summed E-state index contributed by atoms with van der Waals surface area (Å²) in [4.78, 5) is 11.1. The van der Waals surface area contributed by atoms with Crippen molar-refractivity contribution in [3.63, 3.8) is 0 Å². The number of ketones is 1. The first-order chi connectivity index (χ1) is 5.34. The monoisotopic (exact) mass is 154 g/mol. The van der Waals surface area contributed by atoms with Gasteiger partial charge in [0.25, 0.3) is 0 Å². The average Bonchev–Trinajstić information content (AvgIpc) is 2.43. The van der Waals surface area contributed by atoms with Gasteiger partial charge in [0.15, 0.2) is 0 Å². The molecule has 2 aliphatic heterocycles. The van der Waals surface area contributed by atoms with Crippen molar-refractivity contribution in [2.24, 2.45) is 0 Å². The molecule has 2 nitrogen and oxygen atoms in total. The van der Waals surface area contributed by atoms with Gasteiger partial charge >= 0.3 is 0 Å². The van der Waals surface area contributed by atoms with E-state index in [1.165, 1.54) is 12.8 Å². The zero-order valence-corrected chi connectivity index (χ0v) is 6.71. The highest BCUT2D eigenvalue weighted by atomic mass is 16.5. The van der Waals surface area contributed by atoms with Crippen molar-refractivity contribution in [2.45, 2.75) is 50.7 Å². The highest BCUT2D eigenvalue weighted by Crippen LogP contribution is 2.28. The summed E-state index contributed by atoms with van der Waals surface area (Å²) in [6.07, 6.45) is 6.60. The molecule has 2 bridgehead atoms. The van der Waals surface area contributed by atoms with Crippen LogP contribution in [0.15, 0.2) is 0 Å². The lowest BCUT2D eigenvalue weighted by atomic mass is 10.1. The van der Waals surface area contributed by atoms with Gasteiger partial charge in [-0.3, -0.25) is 4.79 Å². The number of carbonyl (C=O) groups is 1. The van der Waals surface area contributed by atoms with Gasteiger partial charge in [-0.05, 0) is 25.7 Å². The van der Waals surface area contributed by atoms with Crippen molar-refractivity contribution >= 4 is 5.78 Å². The standard InChI is InChI=1S/C9H14O2/c10-7-1-3-8-5-6-9(11-8)4-2-7/h8-9H,1-6H2/t8-,9+. The first-order valence-corrected chi connectivity index (χ1v) is 4.52. The number of hydrogen-bond acceptors (Lipinski definition) is 2. The summed E-state index contributed by atoms with van der Waals surface area (Å²) in [6.45, 7) is 0. The predicted octanol–water partition coefficient (Wildman–Crippen LogP) is 1.68. The van der Waals surface area contributed by atoms with Gasteiger partial charge in [0.05, 0.1) is 12.2 Å². The average molecular weight is 154 g/mol. The van der Waals surface area contributed by atoms with Crippen LogP contribution in [-0.2, 0) is 9.53 Å². The summed E-state index contributed by atoms with van der Waals surface area (Å²) in [5.41, 5.74) is 0. The largest absolute Gasteiger partial charge is 0.375 e. The molecular formula is C9H14O2. The molecule has 2 heteroatoms. The molecule has 0 unspecified atom stereocenters. The molecule has 2 heterocycles. The molecule has 0 radical (unpaired) electrons. The Morgan fingerprint density at radius 3 is 2.09 bits per heavy atom. The van der Waals surface area contributed by atoms with Crippen LogP contribution in [0.3, 0.4) is 0 Å². The molecule has 0 aromatic carbocycles. The van der Waals surface area contributed by atoms with Gasteiger partial charge in [-0.25, -0.2) is 0 Å². The highest BCUT2D eigenvalue weighted by Gasteiger charge is 2.27. The van der Waals surface area contributed by atoms with E-state index >= 15 is 0 Å². The van der Waals surface area contributed by atoms with Crippen LogP contribution in [0.5, 0.6) is 0 Å². The Hall–Kier alpha value is -0.370. The maximum absolute atomic E-state index is 11.1. The van der Waals surface area contributed by atoms with Crippen LogP contribution >= 0.6 is 0 Å². The summed E-state index contributed by atoms with van der Waals surface area (Å²) in [5, 5.41) is 0. The second-order valence-corrected chi connectivity index (χ2v) is 3.57. The van der Waals surface area contributed by atoms with Crippen LogP contribution in [0.2, 0.25) is 0 Å². The third kappa shape index (κ3) is 1.62. The van der Waals surface area contributed by atoms with Crippen LogP contribution in [0, 0.1) is 0 Å². The molecular weight excluding hydrogens is 140 g/mol. The number of carbonyl (C=O) groups excluding carboxylic acids is 1. The molecule has 2 rings (SSSR count). The van der Waals surface area contributed by atoms with E-state index in [2.05, 4.69) is 0 Å². The quantitative estimate of drug-likeness (QED) is 0.530. The van der Waals surface area contributed by atoms with E-state index in [-0.39, 0.29) is 0 Å². The molecule has 2 saturated heterocycles. The van der Waals surface area contributed by atoms with Gasteiger partial charge in [0, 0.05) is 12.8 Å². The molecule has 0 N–H and O–H groups in total. The Labute approximate surface area is 66.9 Å². The molecule has 0 spiro atoms. The lowest BCUT2D eigenvalue weighted by molar-refractivity contribution is -0.121. The van der Waals surface area contributed by atoms with E-state index in [9.17, 15) is 4.79 Å². The number of fused-ring (bicyclic) bond motifs is 2. The summed E-state index contributed by atoms with van der Waals surface area (Å²) in [6, 6.07) is 0. The Bertz CT molecular complexity index is 149.